The Labute approximate surface area is 129 Å². The number of nitrogens with one attached hydrogen (secondary N) is 1. The third-order valence-corrected chi connectivity index (χ3v) is 3.67. The Morgan fingerprint density at radius 1 is 1.09 bits per heavy atom. The van der Waals surface area contributed by atoms with E-state index in [1.807, 2.05) is 23.1 Å². The molecule has 2 aromatic rings. The molecule has 6 heteroatoms. The van der Waals surface area contributed by atoms with Gasteiger partial charge < -0.3 is 10.2 Å². The monoisotopic (exact) mass is 297 g/mol. The predicted molar refractivity (Wildman–Crippen MR) is 83.4 cm³/mol. The lowest BCUT2D eigenvalue weighted by atomic mass is 10.1. The summed E-state index contributed by atoms with van der Waals surface area (Å²) in [6.07, 6.45) is 6.70. The van der Waals surface area contributed by atoms with E-state index in [0.717, 1.165) is 31.6 Å². The molecule has 0 spiro atoms. The normalized spacial score (nSPS) is 14.6. The minimum atomic E-state index is -0.0111. The first kappa shape index (κ1) is 14.4. The van der Waals surface area contributed by atoms with Crippen LogP contribution in [0.2, 0.25) is 0 Å². The van der Waals surface area contributed by atoms with E-state index in [9.17, 15) is 4.79 Å². The van der Waals surface area contributed by atoms with Gasteiger partial charge in [0.1, 0.15) is 5.69 Å². The number of likely N-dealkylation sites (tertiary alicyclic amines) is 1. The van der Waals surface area contributed by atoms with Gasteiger partial charge in [-0.25, -0.2) is 9.97 Å². The maximum Gasteiger partial charge on any atom is 0.272 e. The fourth-order valence-electron chi connectivity index (χ4n) is 2.49. The Bertz CT molecular complexity index is 625. The summed E-state index contributed by atoms with van der Waals surface area (Å²) in [5, 5.41) is 3.10. The number of piperidine rings is 1. The number of pyridine rings is 1. The van der Waals surface area contributed by atoms with E-state index in [0.29, 0.717) is 18.2 Å². The summed E-state index contributed by atoms with van der Waals surface area (Å²) in [6, 6.07) is 7.40. The number of carbonyl (C=O) groups is 1. The second-order valence-corrected chi connectivity index (χ2v) is 5.29. The van der Waals surface area contributed by atoms with Gasteiger partial charge in [-0.1, -0.05) is 6.07 Å². The largest absolute Gasteiger partial charge is 0.349 e. The number of carbonyl (C=O) groups excluding carboxylic acids is 1. The zero-order valence-electron chi connectivity index (χ0n) is 12.4. The summed E-state index contributed by atoms with van der Waals surface area (Å²) in [5.74, 6) is 0.441. The smallest absolute Gasteiger partial charge is 0.272 e. The van der Waals surface area contributed by atoms with Crippen LogP contribution in [0, 0.1) is 0 Å². The van der Waals surface area contributed by atoms with E-state index in [4.69, 9.17) is 0 Å². The molecule has 1 fully saturated rings. The highest BCUT2D eigenvalue weighted by atomic mass is 16.2. The highest BCUT2D eigenvalue weighted by Gasteiger charge is 2.19. The molecule has 22 heavy (non-hydrogen) atoms. The molecule has 0 atom stereocenters. The molecule has 3 rings (SSSR count). The highest BCUT2D eigenvalue weighted by Crippen LogP contribution is 2.12. The minimum absolute atomic E-state index is 0.0111. The van der Waals surface area contributed by atoms with Gasteiger partial charge in [-0.3, -0.25) is 9.78 Å². The van der Waals surface area contributed by atoms with Crippen molar-refractivity contribution in [2.75, 3.05) is 18.4 Å². The van der Waals surface area contributed by atoms with Gasteiger partial charge in [0.05, 0.1) is 12.2 Å². The van der Waals surface area contributed by atoms with Crippen LogP contribution < -0.4 is 5.32 Å². The highest BCUT2D eigenvalue weighted by molar-refractivity contribution is 5.92. The maximum atomic E-state index is 12.4. The standard InChI is InChI=1S/C16H19N5O/c22-15(21-10-4-1-5-11-21)14-7-9-18-16(20-14)19-12-13-6-2-3-8-17-13/h2-3,6-9H,1,4-5,10-12H2,(H,18,19,20). The van der Waals surface area contributed by atoms with Gasteiger partial charge >= 0.3 is 0 Å². The summed E-state index contributed by atoms with van der Waals surface area (Å²) >= 11 is 0. The summed E-state index contributed by atoms with van der Waals surface area (Å²) < 4.78 is 0. The Morgan fingerprint density at radius 3 is 2.73 bits per heavy atom. The quantitative estimate of drug-likeness (QED) is 0.936. The Balaban J connectivity index is 1.65. The molecule has 114 valence electrons. The third-order valence-electron chi connectivity index (χ3n) is 3.67. The molecular formula is C16H19N5O. The van der Waals surface area contributed by atoms with Gasteiger partial charge in [-0.15, -0.1) is 0 Å². The van der Waals surface area contributed by atoms with Gasteiger partial charge in [0, 0.05) is 25.5 Å². The lowest BCUT2D eigenvalue weighted by molar-refractivity contribution is 0.0718. The van der Waals surface area contributed by atoms with Gasteiger partial charge in [0.2, 0.25) is 5.95 Å². The zero-order valence-corrected chi connectivity index (χ0v) is 12.4. The molecule has 2 aromatic heterocycles. The first-order valence-corrected chi connectivity index (χ1v) is 7.59. The number of amides is 1. The fourth-order valence-corrected chi connectivity index (χ4v) is 2.49. The molecule has 6 nitrogen and oxygen atoms in total. The molecule has 0 unspecified atom stereocenters. The molecule has 0 bridgehead atoms. The lowest BCUT2D eigenvalue weighted by Gasteiger charge is -2.26. The van der Waals surface area contributed by atoms with Crippen molar-refractivity contribution in [2.24, 2.45) is 0 Å². The molecule has 1 aliphatic heterocycles. The fraction of sp³-hybridized carbons (Fsp3) is 0.375. The molecule has 0 saturated carbocycles. The van der Waals surface area contributed by atoms with E-state index in [2.05, 4.69) is 20.3 Å². The van der Waals surface area contributed by atoms with E-state index in [1.54, 1.807) is 18.5 Å². The second-order valence-electron chi connectivity index (χ2n) is 5.29. The van der Waals surface area contributed by atoms with Crippen LogP contribution in [0.4, 0.5) is 5.95 Å². The molecule has 0 aliphatic carbocycles. The molecule has 0 radical (unpaired) electrons. The first-order chi connectivity index (χ1) is 10.8. The van der Waals surface area contributed by atoms with E-state index in [-0.39, 0.29) is 5.91 Å². The van der Waals surface area contributed by atoms with E-state index in [1.165, 1.54) is 6.42 Å². The summed E-state index contributed by atoms with van der Waals surface area (Å²) in [5.41, 5.74) is 1.35. The van der Waals surface area contributed by atoms with Crippen LogP contribution in [0.25, 0.3) is 0 Å². The molecule has 1 aliphatic rings. The van der Waals surface area contributed by atoms with Crippen LogP contribution in [0.3, 0.4) is 0 Å². The molecule has 1 N–H and O–H groups in total. The average Bonchev–Trinajstić information content (AvgIpc) is 2.61. The number of aromatic nitrogens is 3. The number of hydrogen-bond acceptors (Lipinski definition) is 5. The van der Waals surface area contributed by atoms with Gasteiger partial charge in [-0.05, 0) is 37.5 Å². The predicted octanol–water partition coefficient (Wildman–Crippen LogP) is 2.11. The minimum Gasteiger partial charge on any atom is -0.349 e. The third kappa shape index (κ3) is 3.58. The van der Waals surface area contributed by atoms with Crippen molar-refractivity contribution in [3.05, 3.63) is 48.0 Å². The number of hydrogen-bond donors (Lipinski definition) is 1. The molecule has 1 saturated heterocycles. The average molecular weight is 297 g/mol. The van der Waals surface area contributed by atoms with Crippen LogP contribution in [0.1, 0.15) is 35.4 Å². The molecule has 1 amide bonds. The summed E-state index contributed by atoms with van der Waals surface area (Å²) in [7, 11) is 0. The van der Waals surface area contributed by atoms with Crippen LogP contribution in [0.15, 0.2) is 36.7 Å². The van der Waals surface area contributed by atoms with Gasteiger partial charge in [0.15, 0.2) is 0 Å². The topological polar surface area (TPSA) is 71.0 Å². The molecular weight excluding hydrogens is 278 g/mol. The van der Waals surface area contributed by atoms with Gasteiger partial charge in [-0.2, -0.15) is 0 Å². The van der Waals surface area contributed by atoms with Gasteiger partial charge in [0.25, 0.3) is 5.91 Å². The van der Waals surface area contributed by atoms with Crippen LogP contribution in [-0.2, 0) is 6.54 Å². The second kappa shape index (κ2) is 6.98. The Morgan fingerprint density at radius 2 is 1.95 bits per heavy atom. The van der Waals surface area contributed by atoms with Crippen molar-refractivity contribution in [2.45, 2.75) is 25.8 Å². The number of nitrogens with zero attached hydrogens (tertiary/aromatic N) is 4. The van der Waals surface area contributed by atoms with Crippen molar-refractivity contribution in [3.63, 3.8) is 0 Å². The van der Waals surface area contributed by atoms with Crippen LogP contribution in [-0.4, -0.2) is 38.8 Å². The lowest BCUT2D eigenvalue weighted by Crippen LogP contribution is -2.36. The summed E-state index contributed by atoms with van der Waals surface area (Å²) in [4.78, 5) is 27.0. The van der Waals surface area contributed by atoms with Crippen LogP contribution in [0.5, 0.6) is 0 Å². The van der Waals surface area contributed by atoms with Crippen molar-refractivity contribution >= 4 is 11.9 Å². The number of anilines is 1. The Hall–Kier alpha value is -2.50. The summed E-state index contributed by atoms with van der Waals surface area (Å²) in [6.45, 7) is 2.17. The first-order valence-electron chi connectivity index (χ1n) is 7.59. The van der Waals surface area contributed by atoms with E-state index < -0.39 is 0 Å². The van der Waals surface area contributed by atoms with Crippen LogP contribution >= 0.6 is 0 Å². The Kier molecular flexibility index (Phi) is 4.58. The SMILES string of the molecule is O=C(c1ccnc(NCc2ccccn2)n1)N1CCCCC1. The number of rotatable bonds is 4. The zero-order chi connectivity index (χ0) is 15.2. The maximum absolute atomic E-state index is 12.4. The van der Waals surface area contributed by atoms with Crippen molar-refractivity contribution in [3.8, 4) is 0 Å². The van der Waals surface area contributed by atoms with E-state index >= 15 is 0 Å². The van der Waals surface area contributed by atoms with Crippen molar-refractivity contribution < 1.29 is 4.79 Å². The van der Waals surface area contributed by atoms with Crippen molar-refractivity contribution in [1.82, 2.24) is 19.9 Å². The molecule has 0 aromatic carbocycles. The molecule has 3 heterocycles. The van der Waals surface area contributed by atoms with Crippen molar-refractivity contribution in [1.29, 1.82) is 0 Å².